The fourth-order valence-corrected chi connectivity index (χ4v) is 4.73. The van der Waals surface area contributed by atoms with E-state index >= 15 is 0 Å². The normalized spacial score (nSPS) is 18.0. The van der Waals surface area contributed by atoms with Crippen LogP contribution >= 0.6 is 0 Å². The molecule has 0 N–H and O–H groups in total. The predicted molar refractivity (Wildman–Crippen MR) is 141 cm³/mol. The lowest BCUT2D eigenvalue weighted by Crippen LogP contribution is -2.32. The zero-order valence-corrected chi connectivity index (χ0v) is 22.3. The molecule has 0 radical (unpaired) electrons. The van der Waals surface area contributed by atoms with Crippen LogP contribution in [0.25, 0.3) is 0 Å². The molecule has 2 unspecified atom stereocenters. The molecule has 0 aliphatic carbocycles. The SMILES string of the molecule is CCCCCCCCCCCCCCCC1OCC(COCCCCCC[n+]2ccccc2)O1. The van der Waals surface area contributed by atoms with E-state index < -0.39 is 0 Å². The number of pyridine rings is 1. The van der Waals surface area contributed by atoms with Crippen LogP contribution in [0.3, 0.4) is 0 Å². The average molecular weight is 477 g/mol. The first-order valence-corrected chi connectivity index (χ1v) is 14.7. The molecule has 0 bridgehead atoms. The topological polar surface area (TPSA) is 31.6 Å². The van der Waals surface area contributed by atoms with Crippen LogP contribution in [0.5, 0.6) is 0 Å². The third-order valence-corrected chi connectivity index (χ3v) is 6.89. The molecule has 1 aliphatic heterocycles. The lowest BCUT2D eigenvalue weighted by atomic mass is 10.0. The molecule has 2 heterocycles. The highest BCUT2D eigenvalue weighted by molar-refractivity contribution is 4.83. The monoisotopic (exact) mass is 476 g/mol. The number of rotatable bonds is 23. The van der Waals surface area contributed by atoms with Crippen LogP contribution in [-0.4, -0.2) is 32.2 Å². The van der Waals surface area contributed by atoms with Crippen molar-refractivity contribution in [2.45, 2.75) is 141 Å². The molecule has 2 atom stereocenters. The van der Waals surface area contributed by atoms with Crippen molar-refractivity contribution < 1.29 is 18.8 Å². The van der Waals surface area contributed by atoms with Crippen molar-refractivity contribution in [1.82, 2.24) is 0 Å². The van der Waals surface area contributed by atoms with Crippen molar-refractivity contribution in [3.63, 3.8) is 0 Å². The van der Waals surface area contributed by atoms with Gasteiger partial charge in [-0.2, -0.15) is 0 Å². The van der Waals surface area contributed by atoms with Crippen molar-refractivity contribution in [2.24, 2.45) is 0 Å². The summed E-state index contributed by atoms with van der Waals surface area (Å²) < 4.78 is 19.9. The molecule has 0 amide bonds. The molecule has 1 aromatic heterocycles. The summed E-state index contributed by atoms with van der Waals surface area (Å²) in [4.78, 5) is 0. The third kappa shape index (κ3) is 15.8. The Kier molecular flexibility index (Phi) is 18.4. The number of unbranched alkanes of at least 4 members (excludes halogenated alkanes) is 15. The Morgan fingerprint density at radius 3 is 1.97 bits per heavy atom. The van der Waals surface area contributed by atoms with Gasteiger partial charge in [0.25, 0.3) is 0 Å². The minimum atomic E-state index is -0.00297. The number of hydrogen-bond donors (Lipinski definition) is 0. The van der Waals surface area contributed by atoms with Gasteiger partial charge in [0, 0.05) is 25.2 Å². The van der Waals surface area contributed by atoms with Crippen molar-refractivity contribution >= 4 is 0 Å². The second-order valence-electron chi connectivity index (χ2n) is 10.2. The molecule has 1 aromatic rings. The van der Waals surface area contributed by atoms with Crippen molar-refractivity contribution in [3.05, 3.63) is 30.6 Å². The maximum Gasteiger partial charge on any atom is 0.168 e. The summed E-state index contributed by atoms with van der Waals surface area (Å²) in [5.41, 5.74) is 0. The summed E-state index contributed by atoms with van der Waals surface area (Å²) in [6.07, 6.45) is 28.4. The first kappa shape index (κ1) is 29.3. The smallest absolute Gasteiger partial charge is 0.168 e. The maximum absolute atomic E-state index is 6.01. The van der Waals surface area contributed by atoms with Crippen LogP contribution in [0.15, 0.2) is 30.6 Å². The van der Waals surface area contributed by atoms with Crippen molar-refractivity contribution in [1.29, 1.82) is 0 Å². The van der Waals surface area contributed by atoms with E-state index in [9.17, 15) is 0 Å². The molecule has 4 nitrogen and oxygen atoms in total. The lowest BCUT2D eigenvalue weighted by Gasteiger charge is -2.12. The largest absolute Gasteiger partial charge is 0.379 e. The van der Waals surface area contributed by atoms with E-state index in [-0.39, 0.29) is 12.4 Å². The third-order valence-electron chi connectivity index (χ3n) is 6.89. The van der Waals surface area contributed by atoms with Gasteiger partial charge in [0.1, 0.15) is 12.6 Å². The summed E-state index contributed by atoms with van der Waals surface area (Å²) in [6.45, 7) is 5.60. The van der Waals surface area contributed by atoms with Gasteiger partial charge in [-0.3, -0.25) is 0 Å². The van der Waals surface area contributed by atoms with Crippen LogP contribution in [0, 0.1) is 0 Å². The molecule has 1 fully saturated rings. The summed E-state index contributed by atoms with van der Waals surface area (Å²) in [5.74, 6) is 0. The van der Waals surface area contributed by atoms with E-state index in [1.165, 1.54) is 103 Å². The van der Waals surface area contributed by atoms with Crippen molar-refractivity contribution in [3.8, 4) is 0 Å². The fourth-order valence-electron chi connectivity index (χ4n) is 4.73. The standard InChI is InChI=1S/C30H54NO3/c1-2-3-4-5-6-7-8-9-10-11-12-13-17-22-30-33-28-29(34-30)27-32-26-21-15-14-18-23-31-24-19-16-20-25-31/h16,19-20,24-25,29-30H,2-15,17-18,21-23,26-28H2,1H3/q+1. The van der Waals surface area contributed by atoms with Crippen LogP contribution in [0.2, 0.25) is 0 Å². The summed E-state index contributed by atoms with van der Waals surface area (Å²) in [7, 11) is 0. The van der Waals surface area contributed by atoms with Crippen LogP contribution in [0.1, 0.15) is 122 Å². The van der Waals surface area contributed by atoms with Gasteiger partial charge in [-0.25, -0.2) is 4.57 Å². The van der Waals surface area contributed by atoms with E-state index in [1.807, 2.05) is 0 Å². The Labute approximate surface area is 210 Å². The zero-order valence-electron chi connectivity index (χ0n) is 22.3. The molecule has 0 spiro atoms. The number of hydrogen-bond acceptors (Lipinski definition) is 3. The van der Waals surface area contributed by atoms with E-state index in [0.717, 1.165) is 26.0 Å². The molecular formula is C30H54NO3+. The molecule has 0 aromatic carbocycles. The van der Waals surface area contributed by atoms with Gasteiger partial charge in [-0.1, -0.05) is 96.5 Å². The van der Waals surface area contributed by atoms with E-state index in [0.29, 0.717) is 13.2 Å². The van der Waals surface area contributed by atoms with E-state index in [4.69, 9.17) is 14.2 Å². The highest BCUT2D eigenvalue weighted by Crippen LogP contribution is 2.19. The van der Waals surface area contributed by atoms with E-state index in [2.05, 4.69) is 42.1 Å². The highest BCUT2D eigenvalue weighted by atomic mass is 16.7. The first-order chi connectivity index (χ1) is 16.9. The molecule has 0 saturated carbocycles. The minimum Gasteiger partial charge on any atom is -0.379 e. The maximum atomic E-state index is 6.01. The van der Waals surface area contributed by atoms with Gasteiger partial charge >= 0.3 is 0 Å². The Morgan fingerprint density at radius 1 is 0.706 bits per heavy atom. The number of aromatic nitrogens is 1. The average Bonchev–Trinajstić information content (AvgIpc) is 3.32. The molecule has 1 saturated heterocycles. The summed E-state index contributed by atoms with van der Waals surface area (Å²) >= 11 is 0. The number of aryl methyl sites for hydroxylation is 1. The van der Waals surface area contributed by atoms with Gasteiger partial charge < -0.3 is 14.2 Å². The van der Waals surface area contributed by atoms with Gasteiger partial charge in [0.2, 0.25) is 0 Å². The second kappa shape index (κ2) is 21.3. The Bertz CT molecular complexity index is 553. The summed E-state index contributed by atoms with van der Waals surface area (Å²) in [6, 6.07) is 6.24. The number of ether oxygens (including phenoxy) is 3. The molecule has 34 heavy (non-hydrogen) atoms. The van der Waals surface area contributed by atoms with Crippen LogP contribution < -0.4 is 4.57 Å². The Morgan fingerprint density at radius 2 is 1.29 bits per heavy atom. The van der Waals surface area contributed by atoms with Crippen LogP contribution in [-0.2, 0) is 20.8 Å². The number of nitrogens with zero attached hydrogens (tertiary/aromatic N) is 1. The zero-order chi connectivity index (χ0) is 23.9. The summed E-state index contributed by atoms with van der Waals surface area (Å²) in [5, 5.41) is 0. The molecule has 4 heteroatoms. The minimum absolute atomic E-state index is 0.00297. The molecular weight excluding hydrogens is 422 g/mol. The lowest BCUT2D eigenvalue weighted by molar-refractivity contribution is -0.697. The van der Waals surface area contributed by atoms with Gasteiger partial charge in [-0.05, 0) is 25.7 Å². The van der Waals surface area contributed by atoms with Gasteiger partial charge in [0.15, 0.2) is 18.7 Å². The molecule has 196 valence electrons. The molecule has 1 aliphatic rings. The Hall–Kier alpha value is -0.970. The van der Waals surface area contributed by atoms with Gasteiger partial charge in [-0.15, -0.1) is 0 Å². The van der Waals surface area contributed by atoms with E-state index in [1.54, 1.807) is 0 Å². The Balaban J connectivity index is 1.28. The molecule has 2 rings (SSSR count). The second-order valence-corrected chi connectivity index (χ2v) is 10.2. The van der Waals surface area contributed by atoms with Crippen LogP contribution in [0.4, 0.5) is 0 Å². The predicted octanol–water partition coefficient (Wildman–Crippen LogP) is 7.77. The van der Waals surface area contributed by atoms with Gasteiger partial charge in [0.05, 0.1) is 13.2 Å². The fraction of sp³-hybridized carbons (Fsp3) is 0.833. The highest BCUT2D eigenvalue weighted by Gasteiger charge is 2.25. The first-order valence-electron chi connectivity index (χ1n) is 14.7. The van der Waals surface area contributed by atoms with Crippen molar-refractivity contribution in [2.75, 3.05) is 19.8 Å². The quantitative estimate of drug-likeness (QED) is 0.119.